The van der Waals surface area contributed by atoms with Gasteiger partial charge in [0.25, 0.3) is 0 Å². The maximum Gasteiger partial charge on any atom is 0.115 e. The molecule has 1 nitrogen and oxygen atoms in total. The number of rotatable bonds is 3. The number of phenolic OH excluding ortho intramolecular Hbond substituents is 1. The van der Waals surface area contributed by atoms with Gasteiger partial charge in [-0.25, -0.2) is 0 Å². The van der Waals surface area contributed by atoms with Crippen molar-refractivity contribution in [2.24, 2.45) is 0 Å². The van der Waals surface area contributed by atoms with Gasteiger partial charge in [-0.15, -0.1) is 0 Å². The first kappa shape index (κ1) is 13.9. The zero-order valence-corrected chi connectivity index (χ0v) is 12.9. The van der Waals surface area contributed by atoms with Gasteiger partial charge in [0.15, 0.2) is 0 Å². The molecule has 0 aliphatic rings. The van der Waals surface area contributed by atoms with Crippen molar-refractivity contribution in [3.8, 4) is 5.75 Å². The van der Waals surface area contributed by atoms with E-state index in [2.05, 4.69) is 67.3 Å². The predicted octanol–water partition coefficient (Wildman–Crippen LogP) is 3.32. The van der Waals surface area contributed by atoms with Crippen LogP contribution < -0.4 is 15.9 Å². The third kappa shape index (κ3) is 2.57. The van der Waals surface area contributed by atoms with Gasteiger partial charge in [-0.3, -0.25) is 0 Å². The van der Waals surface area contributed by atoms with Crippen LogP contribution in [0.5, 0.6) is 5.75 Å². The lowest BCUT2D eigenvalue weighted by atomic mass is 10.3. The van der Waals surface area contributed by atoms with E-state index < -0.39 is 7.26 Å². The topological polar surface area (TPSA) is 20.2 Å². The summed E-state index contributed by atoms with van der Waals surface area (Å²) in [5.41, 5.74) is 0. The molecule has 0 spiro atoms. The normalized spacial score (nSPS) is 11.3. The molecule has 0 saturated heterocycles. The molecule has 0 fully saturated rings. The van der Waals surface area contributed by atoms with E-state index in [4.69, 9.17) is 0 Å². The summed E-state index contributed by atoms with van der Waals surface area (Å²) in [4.78, 5) is 0. The fourth-order valence-corrected chi connectivity index (χ4v) is 5.83. The van der Waals surface area contributed by atoms with Crippen molar-refractivity contribution in [2.45, 2.75) is 0 Å². The van der Waals surface area contributed by atoms with Gasteiger partial charge in [0.1, 0.15) is 28.9 Å². The van der Waals surface area contributed by atoms with Crippen LogP contribution in [0.3, 0.4) is 0 Å². The Morgan fingerprint density at radius 3 is 1.38 bits per heavy atom. The molecular formula is C19H18OP+. The number of phenols is 1. The molecule has 1 N–H and O–H groups in total. The predicted molar refractivity (Wildman–Crippen MR) is 92.7 cm³/mol. The Hall–Kier alpha value is -2.11. The van der Waals surface area contributed by atoms with Gasteiger partial charge < -0.3 is 5.11 Å². The first-order valence-corrected chi connectivity index (χ1v) is 9.22. The van der Waals surface area contributed by atoms with E-state index >= 15 is 0 Å². The summed E-state index contributed by atoms with van der Waals surface area (Å²) in [5, 5.41) is 13.5. The van der Waals surface area contributed by atoms with E-state index in [1.165, 1.54) is 15.9 Å². The van der Waals surface area contributed by atoms with Crippen LogP contribution in [-0.2, 0) is 0 Å². The molecule has 0 atom stereocenters. The molecule has 0 amide bonds. The summed E-state index contributed by atoms with van der Waals surface area (Å²) < 4.78 is 0. The quantitative estimate of drug-likeness (QED) is 0.735. The van der Waals surface area contributed by atoms with Crippen LogP contribution in [-0.4, -0.2) is 11.8 Å². The zero-order valence-electron chi connectivity index (χ0n) is 12.0. The SMILES string of the molecule is C[P+](c1ccccc1)(c1ccccc1)c1ccc(O)cc1. The smallest absolute Gasteiger partial charge is 0.115 e. The molecular weight excluding hydrogens is 275 g/mol. The molecule has 104 valence electrons. The highest BCUT2D eigenvalue weighted by molar-refractivity contribution is 7.95. The molecule has 0 aliphatic carbocycles. The molecule has 0 bridgehead atoms. The molecule has 21 heavy (non-hydrogen) atoms. The van der Waals surface area contributed by atoms with Crippen molar-refractivity contribution in [2.75, 3.05) is 6.66 Å². The standard InChI is InChI=1S/C19H17OP/c1-21(17-8-4-2-5-9-17,18-10-6-3-7-11-18)19-14-12-16(20)13-15-19/h2-15H,1H3/p+1. The minimum Gasteiger partial charge on any atom is -0.508 e. The van der Waals surface area contributed by atoms with Gasteiger partial charge in [-0.2, -0.15) is 0 Å². The second kappa shape index (κ2) is 5.71. The lowest BCUT2D eigenvalue weighted by Gasteiger charge is -2.23. The summed E-state index contributed by atoms with van der Waals surface area (Å²) in [6.07, 6.45) is 0. The molecule has 3 rings (SSSR count). The summed E-state index contributed by atoms with van der Waals surface area (Å²) in [5.74, 6) is 0.312. The largest absolute Gasteiger partial charge is 0.508 e. The van der Waals surface area contributed by atoms with Gasteiger partial charge in [0.2, 0.25) is 0 Å². The van der Waals surface area contributed by atoms with E-state index in [0.29, 0.717) is 5.75 Å². The van der Waals surface area contributed by atoms with Crippen molar-refractivity contribution in [1.29, 1.82) is 0 Å². The molecule has 0 aromatic heterocycles. The summed E-state index contributed by atoms with van der Waals surface area (Å²) >= 11 is 0. The highest BCUT2D eigenvalue weighted by atomic mass is 31.2. The molecule has 0 unspecified atom stereocenters. The maximum absolute atomic E-state index is 9.58. The Bertz CT molecular complexity index is 666. The lowest BCUT2D eigenvalue weighted by molar-refractivity contribution is 0.475. The molecule has 0 radical (unpaired) electrons. The number of aromatic hydroxyl groups is 1. The Labute approximate surface area is 126 Å². The number of hydrogen-bond acceptors (Lipinski definition) is 1. The van der Waals surface area contributed by atoms with Gasteiger partial charge in [-0.05, 0) is 48.5 Å². The first-order chi connectivity index (χ1) is 10.2. The van der Waals surface area contributed by atoms with Gasteiger partial charge in [-0.1, -0.05) is 36.4 Å². The lowest BCUT2D eigenvalue weighted by Crippen LogP contribution is -2.30. The number of benzene rings is 3. The van der Waals surface area contributed by atoms with Crippen molar-refractivity contribution >= 4 is 23.2 Å². The van der Waals surface area contributed by atoms with E-state index in [-0.39, 0.29) is 0 Å². The average molecular weight is 293 g/mol. The monoisotopic (exact) mass is 293 g/mol. The van der Waals surface area contributed by atoms with E-state index in [0.717, 1.165) is 0 Å². The second-order valence-corrected chi connectivity index (χ2v) is 8.76. The highest BCUT2D eigenvalue weighted by Crippen LogP contribution is 2.51. The van der Waals surface area contributed by atoms with E-state index in [1.54, 1.807) is 12.1 Å². The van der Waals surface area contributed by atoms with Crippen LogP contribution in [0.2, 0.25) is 0 Å². The molecule has 0 aliphatic heterocycles. The van der Waals surface area contributed by atoms with Crippen LogP contribution in [0.15, 0.2) is 84.9 Å². The van der Waals surface area contributed by atoms with Crippen molar-refractivity contribution in [3.05, 3.63) is 84.9 Å². The third-order valence-electron chi connectivity index (χ3n) is 3.91. The van der Waals surface area contributed by atoms with Crippen LogP contribution >= 0.6 is 7.26 Å². The Morgan fingerprint density at radius 1 is 0.571 bits per heavy atom. The summed E-state index contributed by atoms with van der Waals surface area (Å²) in [6, 6.07) is 28.9. The van der Waals surface area contributed by atoms with E-state index in [1.807, 2.05) is 12.1 Å². The number of hydrogen-bond donors (Lipinski definition) is 1. The maximum atomic E-state index is 9.58. The van der Waals surface area contributed by atoms with Crippen LogP contribution in [0.25, 0.3) is 0 Å². The fourth-order valence-electron chi connectivity index (χ4n) is 2.65. The molecule has 3 aromatic rings. The molecule has 2 heteroatoms. The first-order valence-electron chi connectivity index (χ1n) is 6.98. The molecule has 0 saturated carbocycles. The van der Waals surface area contributed by atoms with E-state index in [9.17, 15) is 5.11 Å². The zero-order chi connectivity index (χ0) is 14.7. The van der Waals surface area contributed by atoms with Crippen LogP contribution in [0.1, 0.15) is 0 Å². The Kier molecular flexibility index (Phi) is 3.77. The molecule has 3 aromatic carbocycles. The minimum atomic E-state index is -1.66. The molecule has 0 heterocycles. The fraction of sp³-hybridized carbons (Fsp3) is 0.0526. The van der Waals surface area contributed by atoms with Crippen LogP contribution in [0.4, 0.5) is 0 Å². The summed E-state index contributed by atoms with van der Waals surface area (Å²) in [6.45, 7) is 2.34. The summed E-state index contributed by atoms with van der Waals surface area (Å²) in [7, 11) is -1.66. The minimum absolute atomic E-state index is 0.312. The average Bonchev–Trinajstić information content (AvgIpc) is 2.56. The van der Waals surface area contributed by atoms with Crippen molar-refractivity contribution in [1.82, 2.24) is 0 Å². The van der Waals surface area contributed by atoms with Gasteiger partial charge >= 0.3 is 0 Å². The third-order valence-corrected chi connectivity index (χ3v) is 7.90. The highest BCUT2D eigenvalue weighted by Gasteiger charge is 2.39. The Balaban J connectivity index is 2.23. The van der Waals surface area contributed by atoms with Gasteiger partial charge in [0, 0.05) is 0 Å². The van der Waals surface area contributed by atoms with Crippen LogP contribution in [0, 0.1) is 0 Å². The van der Waals surface area contributed by atoms with Crippen molar-refractivity contribution < 1.29 is 5.11 Å². The Morgan fingerprint density at radius 2 is 0.952 bits per heavy atom. The van der Waals surface area contributed by atoms with Gasteiger partial charge in [0.05, 0.1) is 6.66 Å². The second-order valence-electron chi connectivity index (χ2n) is 5.19. The van der Waals surface area contributed by atoms with Crippen molar-refractivity contribution in [3.63, 3.8) is 0 Å².